The van der Waals surface area contributed by atoms with Gasteiger partial charge in [-0.25, -0.2) is 0 Å². The number of unbranched alkanes of at least 4 members (excludes halogenated alkanes) is 3. The van der Waals surface area contributed by atoms with E-state index in [0.717, 1.165) is 5.75 Å². The Hall–Kier alpha value is -0.730. The molecule has 2 aromatic carbocycles. The third-order valence-electron chi connectivity index (χ3n) is 5.08. The Morgan fingerprint density at radius 2 is 1.52 bits per heavy atom. The van der Waals surface area contributed by atoms with Gasteiger partial charge < -0.3 is 0 Å². The predicted molar refractivity (Wildman–Crippen MR) is 108 cm³/mol. The molecular formula is C21H25BrS. The maximum absolute atomic E-state index is 4.28. The van der Waals surface area contributed by atoms with Crippen molar-refractivity contribution in [1.82, 2.24) is 0 Å². The summed E-state index contributed by atoms with van der Waals surface area (Å²) in [6.07, 6.45) is 6.33. The topological polar surface area (TPSA) is 0 Å². The Morgan fingerprint density at radius 3 is 2.26 bits per heavy atom. The van der Waals surface area contributed by atoms with E-state index in [2.05, 4.69) is 78.8 Å². The standard InChI is InChI=1S/C21H25BrS/c1-21(2)19-13-15(7-5-3-4-6-12-23)8-10-17(19)18-11-9-16(22)14-20(18)21/h8-11,13-14,23H,3-7,12H2,1-2H3. The zero-order valence-electron chi connectivity index (χ0n) is 14.0. The van der Waals surface area contributed by atoms with E-state index in [9.17, 15) is 0 Å². The fraction of sp³-hybridized carbons (Fsp3) is 0.429. The number of fused-ring (bicyclic) bond motifs is 3. The van der Waals surface area contributed by atoms with Gasteiger partial charge in [-0.15, -0.1) is 0 Å². The predicted octanol–water partition coefficient (Wildman–Crippen LogP) is 6.79. The molecule has 0 saturated carbocycles. The number of halogens is 1. The smallest absolute Gasteiger partial charge is 0.0178 e. The van der Waals surface area contributed by atoms with E-state index in [1.807, 2.05) is 0 Å². The van der Waals surface area contributed by atoms with E-state index in [0.29, 0.717) is 0 Å². The zero-order valence-corrected chi connectivity index (χ0v) is 16.5. The van der Waals surface area contributed by atoms with Crippen LogP contribution in [0.5, 0.6) is 0 Å². The molecule has 0 bridgehead atoms. The second-order valence-electron chi connectivity index (χ2n) is 7.08. The molecule has 0 saturated heterocycles. The Labute approximate surface area is 154 Å². The Bertz CT molecular complexity index is 703. The van der Waals surface area contributed by atoms with Crippen LogP contribution in [0, 0.1) is 0 Å². The van der Waals surface area contributed by atoms with Gasteiger partial charge in [-0.05, 0) is 65.0 Å². The van der Waals surface area contributed by atoms with Crippen molar-refractivity contribution in [2.75, 3.05) is 5.75 Å². The molecule has 2 heteroatoms. The fourth-order valence-electron chi connectivity index (χ4n) is 3.71. The van der Waals surface area contributed by atoms with Crippen LogP contribution in [-0.2, 0) is 11.8 Å². The summed E-state index contributed by atoms with van der Waals surface area (Å²) in [5.41, 5.74) is 7.31. The molecule has 1 aliphatic carbocycles. The molecule has 3 rings (SSSR count). The maximum Gasteiger partial charge on any atom is 0.0178 e. The van der Waals surface area contributed by atoms with E-state index >= 15 is 0 Å². The molecule has 0 amide bonds. The molecule has 0 atom stereocenters. The average molecular weight is 389 g/mol. The zero-order chi connectivity index (χ0) is 16.4. The second-order valence-corrected chi connectivity index (χ2v) is 8.45. The molecule has 0 nitrogen and oxygen atoms in total. The summed E-state index contributed by atoms with van der Waals surface area (Å²) in [4.78, 5) is 0. The normalized spacial score (nSPS) is 14.6. The lowest BCUT2D eigenvalue weighted by molar-refractivity contribution is 0.652. The maximum atomic E-state index is 4.28. The lowest BCUT2D eigenvalue weighted by atomic mass is 9.82. The summed E-state index contributed by atoms with van der Waals surface area (Å²) in [7, 11) is 0. The van der Waals surface area contributed by atoms with Gasteiger partial charge in [-0.2, -0.15) is 12.6 Å². The summed E-state index contributed by atoms with van der Waals surface area (Å²) in [6, 6.07) is 13.8. The largest absolute Gasteiger partial charge is 0.179 e. The van der Waals surface area contributed by atoms with Crippen molar-refractivity contribution in [1.29, 1.82) is 0 Å². The number of hydrogen-bond acceptors (Lipinski definition) is 1. The first-order valence-electron chi connectivity index (χ1n) is 8.58. The SMILES string of the molecule is CC1(C)c2cc(Br)ccc2-c2ccc(CCCCCCS)cc21. The average Bonchev–Trinajstić information content (AvgIpc) is 2.75. The van der Waals surface area contributed by atoms with Gasteiger partial charge in [-0.3, -0.25) is 0 Å². The third-order valence-corrected chi connectivity index (χ3v) is 5.89. The van der Waals surface area contributed by atoms with Gasteiger partial charge in [0.1, 0.15) is 0 Å². The molecule has 1 aliphatic rings. The van der Waals surface area contributed by atoms with Crippen LogP contribution in [0.15, 0.2) is 40.9 Å². The quantitative estimate of drug-likeness (QED) is 0.408. The van der Waals surface area contributed by atoms with E-state index < -0.39 is 0 Å². The molecule has 23 heavy (non-hydrogen) atoms. The second kappa shape index (κ2) is 7.03. The van der Waals surface area contributed by atoms with E-state index in [1.54, 1.807) is 0 Å². The number of thiol groups is 1. The highest BCUT2D eigenvalue weighted by atomic mass is 79.9. The summed E-state index contributed by atoms with van der Waals surface area (Å²) in [6.45, 7) is 4.70. The molecule has 0 fully saturated rings. The van der Waals surface area contributed by atoms with Gasteiger partial charge in [0.2, 0.25) is 0 Å². The summed E-state index contributed by atoms with van der Waals surface area (Å²) < 4.78 is 1.17. The van der Waals surface area contributed by atoms with E-state index in [1.165, 1.54) is 64.4 Å². The monoisotopic (exact) mass is 388 g/mol. The summed E-state index contributed by atoms with van der Waals surface area (Å²) in [5, 5.41) is 0. The minimum absolute atomic E-state index is 0.0937. The van der Waals surface area contributed by atoms with Crippen molar-refractivity contribution in [2.24, 2.45) is 0 Å². The van der Waals surface area contributed by atoms with Crippen LogP contribution in [0.1, 0.15) is 56.2 Å². The summed E-state index contributed by atoms with van der Waals surface area (Å²) >= 11 is 7.91. The number of aryl methyl sites for hydroxylation is 1. The lowest BCUT2D eigenvalue weighted by Crippen LogP contribution is -2.15. The molecule has 2 aromatic rings. The van der Waals surface area contributed by atoms with Crippen molar-refractivity contribution in [3.63, 3.8) is 0 Å². The molecule has 0 N–H and O–H groups in total. The van der Waals surface area contributed by atoms with Crippen molar-refractivity contribution >= 4 is 28.6 Å². The Morgan fingerprint density at radius 1 is 0.870 bits per heavy atom. The van der Waals surface area contributed by atoms with Gasteiger partial charge in [0, 0.05) is 9.89 Å². The Kier molecular flexibility index (Phi) is 5.22. The van der Waals surface area contributed by atoms with Crippen LogP contribution in [0.4, 0.5) is 0 Å². The number of rotatable bonds is 6. The van der Waals surface area contributed by atoms with Crippen LogP contribution >= 0.6 is 28.6 Å². The van der Waals surface area contributed by atoms with Gasteiger partial charge in [0.25, 0.3) is 0 Å². The van der Waals surface area contributed by atoms with E-state index in [4.69, 9.17) is 0 Å². The van der Waals surface area contributed by atoms with Gasteiger partial charge in [0.05, 0.1) is 0 Å². The first-order valence-corrected chi connectivity index (χ1v) is 10.0. The number of hydrogen-bond donors (Lipinski definition) is 1. The summed E-state index contributed by atoms with van der Waals surface area (Å²) in [5.74, 6) is 1.01. The van der Waals surface area contributed by atoms with Crippen LogP contribution in [0.3, 0.4) is 0 Å². The molecule has 0 aromatic heterocycles. The van der Waals surface area contributed by atoms with Crippen LogP contribution in [0.25, 0.3) is 11.1 Å². The minimum atomic E-state index is 0.0937. The molecule has 0 aliphatic heterocycles. The highest BCUT2D eigenvalue weighted by Crippen LogP contribution is 2.49. The van der Waals surface area contributed by atoms with Gasteiger partial charge >= 0.3 is 0 Å². The number of benzene rings is 2. The van der Waals surface area contributed by atoms with Crippen LogP contribution < -0.4 is 0 Å². The lowest BCUT2D eigenvalue weighted by Gasteiger charge is -2.22. The molecule has 122 valence electrons. The first-order chi connectivity index (χ1) is 11.0. The molecule has 0 spiro atoms. The van der Waals surface area contributed by atoms with Crippen molar-refractivity contribution < 1.29 is 0 Å². The van der Waals surface area contributed by atoms with Crippen molar-refractivity contribution in [3.8, 4) is 11.1 Å². The Balaban J connectivity index is 1.82. The third kappa shape index (κ3) is 3.39. The highest BCUT2D eigenvalue weighted by Gasteiger charge is 2.35. The minimum Gasteiger partial charge on any atom is -0.179 e. The van der Waals surface area contributed by atoms with Gasteiger partial charge in [0.15, 0.2) is 0 Å². The molecule has 0 heterocycles. The van der Waals surface area contributed by atoms with E-state index in [-0.39, 0.29) is 5.41 Å². The van der Waals surface area contributed by atoms with Crippen molar-refractivity contribution in [2.45, 2.75) is 51.4 Å². The first kappa shape index (κ1) is 17.1. The highest BCUT2D eigenvalue weighted by molar-refractivity contribution is 9.10. The van der Waals surface area contributed by atoms with Crippen LogP contribution in [0.2, 0.25) is 0 Å². The molecule has 0 unspecified atom stereocenters. The van der Waals surface area contributed by atoms with Crippen molar-refractivity contribution in [3.05, 3.63) is 57.6 Å². The fourth-order valence-corrected chi connectivity index (χ4v) is 4.29. The molecular weight excluding hydrogens is 364 g/mol. The van der Waals surface area contributed by atoms with Crippen LogP contribution in [-0.4, -0.2) is 5.75 Å². The molecule has 0 radical (unpaired) electrons. The van der Waals surface area contributed by atoms with Gasteiger partial charge in [-0.1, -0.05) is 66.9 Å².